The van der Waals surface area contributed by atoms with Crippen molar-refractivity contribution in [2.75, 3.05) is 0 Å². The molecule has 0 N–H and O–H groups in total. The van der Waals surface area contributed by atoms with Crippen LogP contribution in [0.25, 0.3) is 72.2 Å². The zero-order chi connectivity index (χ0) is 25.5. The van der Waals surface area contributed by atoms with Gasteiger partial charge in [0.15, 0.2) is 11.4 Å². The lowest BCUT2D eigenvalue weighted by molar-refractivity contribution is 0.663. The Balaban J connectivity index is 1.33. The minimum atomic E-state index is 0.804. The number of allylic oxidation sites excluding steroid dienone is 1. The molecule has 4 aromatic carbocycles. The van der Waals surface area contributed by atoms with E-state index in [1.165, 1.54) is 32.9 Å². The summed E-state index contributed by atoms with van der Waals surface area (Å²) in [4.78, 5) is 4.87. The topological polar surface area (TPSA) is 35.9 Å². The number of para-hydroxylation sites is 3. The van der Waals surface area contributed by atoms with Gasteiger partial charge in [-0.1, -0.05) is 66.7 Å². The molecule has 0 atom stereocenters. The molecule has 0 bridgehead atoms. The van der Waals surface area contributed by atoms with Gasteiger partial charge in [0, 0.05) is 50.1 Å². The molecule has 4 aromatic heterocycles. The van der Waals surface area contributed by atoms with E-state index in [0.29, 0.717) is 0 Å². The second-order valence-electron chi connectivity index (χ2n) is 10.3. The SMILES string of the molecule is C1=Cc2c(n(-c3ccc4oc5c(-n6c7ccccc7c7ccccc76)nccc5c4c3)c3ccccc23)CC1. The largest absolute Gasteiger partial charge is 0.452 e. The molecule has 4 nitrogen and oxygen atoms in total. The molecule has 0 unspecified atom stereocenters. The van der Waals surface area contributed by atoms with Crippen molar-refractivity contribution in [1.82, 2.24) is 14.1 Å². The molecule has 4 heteroatoms. The molecule has 0 fully saturated rings. The molecular formula is C35H23N3O. The Morgan fingerprint density at radius 2 is 1.33 bits per heavy atom. The van der Waals surface area contributed by atoms with Crippen molar-refractivity contribution < 1.29 is 4.42 Å². The fourth-order valence-corrected chi connectivity index (χ4v) is 6.59. The molecule has 0 radical (unpaired) electrons. The summed E-state index contributed by atoms with van der Waals surface area (Å²) in [6, 6.07) is 34.4. The fraction of sp³-hybridized carbons (Fsp3) is 0.0571. The Morgan fingerprint density at radius 1 is 0.641 bits per heavy atom. The van der Waals surface area contributed by atoms with Crippen molar-refractivity contribution in [2.24, 2.45) is 0 Å². The van der Waals surface area contributed by atoms with Gasteiger partial charge in [0.1, 0.15) is 5.58 Å². The second kappa shape index (κ2) is 7.71. The van der Waals surface area contributed by atoms with Gasteiger partial charge in [-0.2, -0.15) is 0 Å². The molecular weight excluding hydrogens is 478 g/mol. The van der Waals surface area contributed by atoms with E-state index in [0.717, 1.165) is 57.3 Å². The second-order valence-corrected chi connectivity index (χ2v) is 10.3. The van der Waals surface area contributed by atoms with Crippen LogP contribution in [0.3, 0.4) is 0 Å². The average Bonchev–Trinajstić information content (AvgIpc) is 3.65. The number of aromatic nitrogens is 3. The average molecular weight is 502 g/mol. The van der Waals surface area contributed by atoms with Crippen LogP contribution in [-0.2, 0) is 6.42 Å². The monoisotopic (exact) mass is 501 g/mol. The van der Waals surface area contributed by atoms with Crippen LogP contribution in [-0.4, -0.2) is 14.1 Å². The lowest BCUT2D eigenvalue weighted by Crippen LogP contribution is -2.02. The Hall–Kier alpha value is -5.09. The summed E-state index contributed by atoms with van der Waals surface area (Å²) < 4.78 is 11.2. The summed E-state index contributed by atoms with van der Waals surface area (Å²) >= 11 is 0. The molecule has 184 valence electrons. The maximum Gasteiger partial charge on any atom is 0.181 e. The molecule has 1 aliphatic carbocycles. The Kier molecular flexibility index (Phi) is 4.14. The molecule has 0 aliphatic heterocycles. The third-order valence-corrected chi connectivity index (χ3v) is 8.25. The van der Waals surface area contributed by atoms with Gasteiger partial charge in [0.2, 0.25) is 0 Å². The van der Waals surface area contributed by atoms with Gasteiger partial charge >= 0.3 is 0 Å². The minimum absolute atomic E-state index is 0.804. The van der Waals surface area contributed by atoms with Crippen molar-refractivity contribution in [3.63, 3.8) is 0 Å². The van der Waals surface area contributed by atoms with E-state index in [2.05, 4.69) is 118 Å². The normalized spacial score (nSPS) is 13.3. The van der Waals surface area contributed by atoms with Crippen LogP contribution >= 0.6 is 0 Å². The van der Waals surface area contributed by atoms with E-state index in [1.807, 2.05) is 6.20 Å². The summed E-state index contributed by atoms with van der Waals surface area (Å²) in [5.74, 6) is 0.816. The lowest BCUT2D eigenvalue weighted by atomic mass is 10.0. The van der Waals surface area contributed by atoms with E-state index in [-0.39, 0.29) is 0 Å². The molecule has 0 saturated heterocycles. The van der Waals surface area contributed by atoms with Crippen molar-refractivity contribution in [1.29, 1.82) is 0 Å². The summed E-state index contributed by atoms with van der Waals surface area (Å²) in [5, 5.41) is 5.90. The molecule has 0 saturated carbocycles. The van der Waals surface area contributed by atoms with Crippen molar-refractivity contribution in [3.05, 3.63) is 121 Å². The van der Waals surface area contributed by atoms with E-state index in [4.69, 9.17) is 9.40 Å². The van der Waals surface area contributed by atoms with Gasteiger partial charge in [0.05, 0.1) is 16.6 Å². The standard InChI is InChI=1S/C35H23N3O/c1-5-13-29-23(9-1)24-10-2-6-14-30(24)37(29)22-17-18-33-28(21-22)27-19-20-36-35(34(27)39-33)38-31-15-7-3-11-25(31)26-12-4-8-16-32(26)38/h1-5,7-13,15-21H,6,14H2. The highest BCUT2D eigenvalue weighted by molar-refractivity contribution is 6.12. The smallest absolute Gasteiger partial charge is 0.181 e. The molecule has 0 amide bonds. The van der Waals surface area contributed by atoms with E-state index in [1.54, 1.807) is 0 Å². The quantitative estimate of drug-likeness (QED) is 0.237. The number of furan rings is 1. The summed E-state index contributed by atoms with van der Waals surface area (Å²) in [5.41, 5.74) is 9.04. The van der Waals surface area contributed by atoms with E-state index in [9.17, 15) is 0 Å². The molecule has 0 spiro atoms. The van der Waals surface area contributed by atoms with Gasteiger partial charge in [-0.25, -0.2) is 4.98 Å². The highest BCUT2D eigenvalue weighted by atomic mass is 16.3. The van der Waals surface area contributed by atoms with Crippen molar-refractivity contribution in [2.45, 2.75) is 12.8 Å². The molecule has 8 aromatic rings. The zero-order valence-corrected chi connectivity index (χ0v) is 21.1. The predicted octanol–water partition coefficient (Wildman–Crippen LogP) is 8.98. The maximum atomic E-state index is 6.57. The van der Waals surface area contributed by atoms with Gasteiger partial charge in [-0.05, 0) is 55.3 Å². The number of benzene rings is 4. The molecule has 1 aliphatic rings. The number of rotatable bonds is 2. The van der Waals surface area contributed by atoms with Crippen LogP contribution in [0.5, 0.6) is 0 Å². The highest BCUT2D eigenvalue weighted by Gasteiger charge is 2.21. The van der Waals surface area contributed by atoms with Crippen molar-refractivity contribution in [3.8, 4) is 11.5 Å². The summed E-state index contributed by atoms with van der Waals surface area (Å²) in [6.45, 7) is 0. The first-order valence-electron chi connectivity index (χ1n) is 13.5. The first kappa shape index (κ1) is 20.9. The zero-order valence-electron chi connectivity index (χ0n) is 21.1. The van der Waals surface area contributed by atoms with Gasteiger partial charge in [-0.15, -0.1) is 0 Å². The molecule has 39 heavy (non-hydrogen) atoms. The fourth-order valence-electron chi connectivity index (χ4n) is 6.59. The van der Waals surface area contributed by atoms with Gasteiger partial charge in [-0.3, -0.25) is 4.57 Å². The van der Waals surface area contributed by atoms with E-state index < -0.39 is 0 Å². The summed E-state index contributed by atoms with van der Waals surface area (Å²) in [7, 11) is 0. The van der Waals surface area contributed by atoms with Crippen LogP contribution in [0.4, 0.5) is 0 Å². The molecule has 9 rings (SSSR count). The third-order valence-electron chi connectivity index (χ3n) is 8.25. The first-order chi connectivity index (χ1) is 19.4. The highest BCUT2D eigenvalue weighted by Crippen LogP contribution is 2.39. The Labute approximate surface area is 224 Å². The number of pyridine rings is 1. The first-order valence-corrected chi connectivity index (χ1v) is 13.5. The van der Waals surface area contributed by atoms with Gasteiger partial charge < -0.3 is 8.98 Å². The van der Waals surface area contributed by atoms with Crippen LogP contribution in [0.1, 0.15) is 17.7 Å². The Bertz CT molecular complexity index is 2240. The number of fused-ring (bicyclic) bond motifs is 9. The maximum absolute atomic E-state index is 6.57. The lowest BCUT2D eigenvalue weighted by Gasteiger charge is -2.13. The van der Waals surface area contributed by atoms with Crippen LogP contribution in [0.15, 0.2) is 114 Å². The number of hydrogen-bond donors (Lipinski definition) is 0. The van der Waals surface area contributed by atoms with Gasteiger partial charge in [0.25, 0.3) is 0 Å². The van der Waals surface area contributed by atoms with Crippen LogP contribution in [0, 0.1) is 0 Å². The summed E-state index contributed by atoms with van der Waals surface area (Å²) in [6.07, 6.45) is 8.57. The minimum Gasteiger partial charge on any atom is -0.452 e. The molecule has 4 heterocycles. The number of nitrogens with zero attached hydrogens (tertiary/aromatic N) is 3. The van der Waals surface area contributed by atoms with E-state index >= 15 is 0 Å². The number of hydrogen-bond acceptors (Lipinski definition) is 2. The predicted molar refractivity (Wildman–Crippen MR) is 160 cm³/mol. The van der Waals surface area contributed by atoms with Crippen molar-refractivity contribution >= 4 is 60.7 Å². The van der Waals surface area contributed by atoms with Crippen LogP contribution < -0.4 is 0 Å². The Morgan fingerprint density at radius 3 is 2.10 bits per heavy atom. The van der Waals surface area contributed by atoms with Crippen LogP contribution in [0.2, 0.25) is 0 Å². The third kappa shape index (κ3) is 2.80.